The molecule has 2 aliphatic rings. The highest BCUT2D eigenvalue weighted by atomic mass is 16.8. The lowest BCUT2D eigenvalue weighted by molar-refractivity contribution is -0.336. The maximum Gasteiger partial charge on any atom is 0.223 e. The van der Waals surface area contributed by atoms with Crippen LogP contribution in [-0.4, -0.2) is 48.3 Å². The lowest BCUT2D eigenvalue weighted by Gasteiger charge is -2.47. The lowest BCUT2D eigenvalue weighted by atomic mass is 9.96. The van der Waals surface area contributed by atoms with Gasteiger partial charge in [-0.2, -0.15) is 0 Å². The molecule has 6 atom stereocenters. The molecule has 1 amide bonds. The number of hydrogen-bond donors (Lipinski definition) is 2. The van der Waals surface area contributed by atoms with Gasteiger partial charge >= 0.3 is 0 Å². The monoisotopic (exact) mass is 375 g/mol. The fourth-order valence-corrected chi connectivity index (χ4v) is 3.28. The zero-order valence-corrected chi connectivity index (χ0v) is 14.7. The zero-order chi connectivity index (χ0) is 18.8. The fourth-order valence-electron chi connectivity index (χ4n) is 3.28. The highest BCUT2D eigenvalue weighted by molar-refractivity contribution is 5.73. The second-order valence-electron chi connectivity index (χ2n) is 6.47. The minimum Gasteiger partial charge on any atom is -0.464 e. The van der Waals surface area contributed by atoms with Crippen molar-refractivity contribution in [1.82, 2.24) is 5.32 Å². The minimum atomic E-state index is -1.05. The van der Waals surface area contributed by atoms with Gasteiger partial charge in [-0.1, -0.05) is 18.2 Å². The molecule has 2 N–H and O–H groups in total. The maximum atomic E-state index is 11.7. The van der Waals surface area contributed by atoms with Crippen LogP contribution in [0.3, 0.4) is 0 Å². The van der Waals surface area contributed by atoms with Crippen molar-refractivity contribution in [2.24, 2.45) is 0 Å². The van der Waals surface area contributed by atoms with Crippen LogP contribution in [0.2, 0.25) is 0 Å². The van der Waals surface area contributed by atoms with Crippen LogP contribution in [0.5, 0.6) is 5.75 Å². The number of hydrogen-bond acceptors (Lipinski definition) is 7. The van der Waals surface area contributed by atoms with E-state index in [-0.39, 0.29) is 12.5 Å². The van der Waals surface area contributed by atoms with Crippen LogP contribution in [0.1, 0.15) is 19.0 Å². The van der Waals surface area contributed by atoms with Gasteiger partial charge in [0.25, 0.3) is 0 Å². The first-order valence-electron chi connectivity index (χ1n) is 8.74. The number of nitrogens with one attached hydrogen (secondary N) is 1. The maximum absolute atomic E-state index is 11.7. The van der Waals surface area contributed by atoms with E-state index in [1.165, 1.54) is 13.2 Å². The van der Waals surface area contributed by atoms with Crippen LogP contribution in [0, 0.1) is 0 Å². The number of aliphatic hydroxyl groups is 1. The van der Waals surface area contributed by atoms with E-state index in [1.807, 2.05) is 18.2 Å². The van der Waals surface area contributed by atoms with Gasteiger partial charge in [0.05, 0.1) is 12.9 Å². The minimum absolute atomic E-state index is 0.189. The smallest absolute Gasteiger partial charge is 0.223 e. The number of benzene rings is 1. The van der Waals surface area contributed by atoms with E-state index >= 15 is 0 Å². The Bertz CT molecular complexity index is 751. The van der Waals surface area contributed by atoms with Crippen molar-refractivity contribution in [2.45, 2.75) is 43.9 Å². The molecule has 0 unspecified atom stereocenters. The molecule has 8 nitrogen and oxygen atoms in total. The van der Waals surface area contributed by atoms with Crippen LogP contribution < -0.4 is 10.1 Å². The SMILES string of the molecule is CC(=O)N[C@H]1[C@H](Oc2ccccc2)O[C@@H]2CO[C@H](c3ccco3)O[C@H]2[C@@H]1O. The van der Waals surface area contributed by atoms with E-state index < -0.39 is 36.9 Å². The summed E-state index contributed by atoms with van der Waals surface area (Å²) in [5.41, 5.74) is 0. The first-order chi connectivity index (χ1) is 13.1. The normalized spacial score (nSPS) is 33.1. The van der Waals surface area contributed by atoms with Gasteiger partial charge in [-0.25, -0.2) is 0 Å². The van der Waals surface area contributed by atoms with Gasteiger partial charge in [0.1, 0.15) is 30.1 Å². The zero-order valence-electron chi connectivity index (χ0n) is 14.7. The number of carbonyl (C=O) groups excluding carboxylic acids is 1. The molecule has 0 radical (unpaired) electrons. The van der Waals surface area contributed by atoms with E-state index in [1.54, 1.807) is 24.3 Å². The molecule has 1 aromatic heterocycles. The molecule has 1 aromatic carbocycles. The highest BCUT2D eigenvalue weighted by Gasteiger charge is 2.51. The number of rotatable bonds is 4. The summed E-state index contributed by atoms with van der Waals surface area (Å²) in [6, 6.07) is 11.7. The van der Waals surface area contributed by atoms with Gasteiger partial charge in [-0.15, -0.1) is 0 Å². The third kappa shape index (κ3) is 3.84. The predicted octanol–water partition coefficient (Wildman–Crippen LogP) is 1.36. The number of carbonyl (C=O) groups is 1. The first kappa shape index (κ1) is 18.0. The Balaban J connectivity index is 1.53. The molecule has 2 aromatic rings. The summed E-state index contributed by atoms with van der Waals surface area (Å²) in [7, 11) is 0. The average molecular weight is 375 g/mol. The molecule has 0 saturated carbocycles. The lowest BCUT2D eigenvalue weighted by Crippen LogP contribution is -2.67. The topological polar surface area (TPSA) is 99.4 Å². The quantitative estimate of drug-likeness (QED) is 0.832. The highest BCUT2D eigenvalue weighted by Crippen LogP contribution is 2.34. The number of ether oxygens (including phenoxy) is 4. The summed E-state index contributed by atoms with van der Waals surface area (Å²) < 4.78 is 28.7. The van der Waals surface area contributed by atoms with Crippen molar-refractivity contribution in [3.63, 3.8) is 0 Å². The first-order valence-corrected chi connectivity index (χ1v) is 8.74. The molecular weight excluding hydrogens is 354 g/mol. The van der Waals surface area contributed by atoms with Gasteiger partial charge in [-0.05, 0) is 24.3 Å². The van der Waals surface area contributed by atoms with E-state index in [4.69, 9.17) is 23.4 Å². The summed E-state index contributed by atoms with van der Waals surface area (Å²) in [5.74, 6) is 0.756. The van der Waals surface area contributed by atoms with E-state index in [9.17, 15) is 9.90 Å². The molecule has 2 saturated heterocycles. The average Bonchev–Trinajstić information content (AvgIpc) is 3.20. The number of aliphatic hydroxyl groups excluding tert-OH is 1. The van der Waals surface area contributed by atoms with E-state index in [0.29, 0.717) is 11.5 Å². The molecule has 0 spiro atoms. The van der Waals surface area contributed by atoms with Crippen molar-refractivity contribution >= 4 is 5.91 Å². The van der Waals surface area contributed by atoms with Crippen molar-refractivity contribution in [3.05, 3.63) is 54.5 Å². The number of para-hydroxylation sites is 1. The Kier molecular flexibility index (Phi) is 5.13. The van der Waals surface area contributed by atoms with Crippen LogP contribution in [-0.2, 0) is 19.0 Å². The van der Waals surface area contributed by atoms with Gasteiger partial charge in [0.15, 0.2) is 5.76 Å². The molecule has 8 heteroatoms. The summed E-state index contributed by atoms with van der Waals surface area (Å²) in [6.45, 7) is 1.56. The van der Waals surface area contributed by atoms with Gasteiger partial charge in [0.2, 0.25) is 18.5 Å². The Hall–Kier alpha value is -2.39. The standard InChI is InChI=1S/C19H21NO7/c1-11(21)20-15-16(22)17-14(10-24-18(27-17)13-8-5-9-23-13)26-19(15)25-12-6-3-2-4-7-12/h2-9,14-19,22H,10H2,1H3,(H,20,21)/t14-,15-,16-,17-,18+,19-/m1/s1. The molecular formula is C19H21NO7. The third-order valence-corrected chi connectivity index (χ3v) is 4.51. The molecule has 144 valence electrons. The van der Waals surface area contributed by atoms with Crippen molar-refractivity contribution in [3.8, 4) is 5.75 Å². The Morgan fingerprint density at radius 3 is 2.70 bits per heavy atom. The summed E-state index contributed by atoms with van der Waals surface area (Å²) >= 11 is 0. The Morgan fingerprint density at radius 1 is 1.19 bits per heavy atom. The molecule has 0 aliphatic carbocycles. The second-order valence-corrected chi connectivity index (χ2v) is 6.47. The van der Waals surface area contributed by atoms with Crippen molar-refractivity contribution < 1.29 is 33.3 Å². The van der Waals surface area contributed by atoms with Crippen LogP contribution in [0.15, 0.2) is 53.1 Å². The molecule has 2 aliphatic heterocycles. The van der Waals surface area contributed by atoms with E-state index in [2.05, 4.69) is 5.32 Å². The second kappa shape index (κ2) is 7.69. The van der Waals surface area contributed by atoms with Crippen LogP contribution in [0.25, 0.3) is 0 Å². The molecule has 2 fully saturated rings. The van der Waals surface area contributed by atoms with Crippen LogP contribution in [0.4, 0.5) is 0 Å². The summed E-state index contributed by atoms with van der Waals surface area (Å²) in [4.78, 5) is 11.7. The van der Waals surface area contributed by atoms with Gasteiger partial charge < -0.3 is 33.8 Å². The third-order valence-electron chi connectivity index (χ3n) is 4.51. The molecule has 0 bridgehead atoms. The summed E-state index contributed by atoms with van der Waals surface area (Å²) in [6.07, 6.45) is -2.43. The Morgan fingerprint density at radius 2 is 2.00 bits per heavy atom. The van der Waals surface area contributed by atoms with E-state index in [0.717, 1.165) is 0 Å². The molecule has 27 heavy (non-hydrogen) atoms. The molecule has 4 rings (SSSR count). The number of fused-ring (bicyclic) bond motifs is 1. The van der Waals surface area contributed by atoms with Crippen molar-refractivity contribution in [2.75, 3.05) is 6.61 Å². The number of furan rings is 1. The molecule has 3 heterocycles. The fraction of sp³-hybridized carbons (Fsp3) is 0.421. The largest absolute Gasteiger partial charge is 0.464 e. The predicted molar refractivity (Wildman–Crippen MR) is 91.6 cm³/mol. The van der Waals surface area contributed by atoms with Gasteiger partial charge in [-0.3, -0.25) is 4.79 Å². The summed E-state index contributed by atoms with van der Waals surface area (Å²) in [5, 5.41) is 13.6. The van der Waals surface area contributed by atoms with Gasteiger partial charge in [0, 0.05) is 6.92 Å². The van der Waals surface area contributed by atoms with Crippen molar-refractivity contribution in [1.29, 1.82) is 0 Å². The van der Waals surface area contributed by atoms with Crippen LogP contribution >= 0.6 is 0 Å². The number of amides is 1. The Labute approximate surface area is 156 Å².